The SMILES string of the molecule is CC(=O)N(c1ccccc1)c1nc(/C=C/C(=O)OCC(=O)NC2CC2)cs1. The Hall–Kier alpha value is -3.00. The topological polar surface area (TPSA) is 88.6 Å². The summed E-state index contributed by atoms with van der Waals surface area (Å²) in [5, 5.41) is 4.98. The molecule has 7 nitrogen and oxygen atoms in total. The Labute approximate surface area is 160 Å². The number of thiazole rings is 1. The molecule has 1 heterocycles. The maximum absolute atomic E-state index is 12.0. The van der Waals surface area contributed by atoms with Gasteiger partial charge in [-0.05, 0) is 31.1 Å². The van der Waals surface area contributed by atoms with Gasteiger partial charge in [-0.3, -0.25) is 14.5 Å². The van der Waals surface area contributed by atoms with Crippen molar-refractivity contribution in [2.45, 2.75) is 25.8 Å². The summed E-state index contributed by atoms with van der Waals surface area (Å²) in [6.07, 6.45) is 4.66. The van der Waals surface area contributed by atoms with Crippen molar-refractivity contribution in [3.63, 3.8) is 0 Å². The molecular weight excluding hydrogens is 366 g/mol. The van der Waals surface area contributed by atoms with Crippen LogP contribution in [0.25, 0.3) is 6.08 Å². The molecule has 1 saturated carbocycles. The van der Waals surface area contributed by atoms with Crippen LogP contribution in [-0.4, -0.2) is 35.4 Å². The van der Waals surface area contributed by atoms with Crippen LogP contribution in [0.5, 0.6) is 0 Å². The van der Waals surface area contributed by atoms with Crippen LogP contribution in [0.2, 0.25) is 0 Å². The summed E-state index contributed by atoms with van der Waals surface area (Å²) in [6.45, 7) is 1.17. The number of carbonyl (C=O) groups excluding carboxylic acids is 3. The molecular formula is C19H19N3O4S. The molecule has 27 heavy (non-hydrogen) atoms. The summed E-state index contributed by atoms with van der Waals surface area (Å²) in [4.78, 5) is 41.1. The molecule has 140 valence electrons. The fourth-order valence-corrected chi connectivity index (χ4v) is 3.15. The third-order valence-electron chi connectivity index (χ3n) is 3.71. The van der Waals surface area contributed by atoms with Gasteiger partial charge >= 0.3 is 5.97 Å². The van der Waals surface area contributed by atoms with E-state index in [9.17, 15) is 14.4 Å². The summed E-state index contributed by atoms with van der Waals surface area (Å²) in [5.74, 6) is -1.08. The normalized spacial score (nSPS) is 13.4. The lowest BCUT2D eigenvalue weighted by molar-refractivity contribution is -0.143. The highest BCUT2D eigenvalue weighted by molar-refractivity contribution is 7.14. The highest BCUT2D eigenvalue weighted by Gasteiger charge is 2.23. The molecule has 0 unspecified atom stereocenters. The molecule has 0 bridgehead atoms. The van der Waals surface area contributed by atoms with E-state index in [4.69, 9.17) is 4.74 Å². The van der Waals surface area contributed by atoms with Crippen molar-refractivity contribution >= 4 is 46.0 Å². The third-order valence-corrected chi connectivity index (χ3v) is 4.55. The molecule has 0 spiro atoms. The number of esters is 1. The van der Waals surface area contributed by atoms with Crippen molar-refractivity contribution in [3.05, 3.63) is 47.5 Å². The van der Waals surface area contributed by atoms with Gasteiger partial charge in [0.15, 0.2) is 11.7 Å². The molecule has 3 rings (SSSR count). The number of para-hydroxylation sites is 1. The second kappa shape index (κ2) is 8.59. The molecule has 8 heteroatoms. The van der Waals surface area contributed by atoms with Crippen LogP contribution in [-0.2, 0) is 19.1 Å². The zero-order valence-electron chi connectivity index (χ0n) is 14.8. The number of hydrogen-bond donors (Lipinski definition) is 1. The fraction of sp³-hybridized carbons (Fsp3) is 0.263. The molecule has 1 N–H and O–H groups in total. The second-order valence-corrected chi connectivity index (χ2v) is 6.86. The number of nitrogens with zero attached hydrogens (tertiary/aromatic N) is 2. The Bertz CT molecular complexity index is 859. The third kappa shape index (κ3) is 5.49. The van der Waals surface area contributed by atoms with Crippen LogP contribution in [0.15, 0.2) is 41.8 Å². The molecule has 1 fully saturated rings. The van der Waals surface area contributed by atoms with Gasteiger partial charge in [0.2, 0.25) is 5.91 Å². The standard InChI is InChI=1S/C19H19N3O4S/c1-13(23)22(16-5-3-2-4-6-16)19-21-15(12-27-19)9-10-18(25)26-11-17(24)20-14-7-8-14/h2-6,9-10,12,14H,7-8,11H2,1H3,(H,20,24)/b10-9+. The molecule has 0 aliphatic heterocycles. The minimum atomic E-state index is -0.623. The molecule has 1 aromatic carbocycles. The van der Waals surface area contributed by atoms with Gasteiger partial charge in [-0.15, -0.1) is 11.3 Å². The number of amides is 2. The minimum absolute atomic E-state index is 0.160. The Kier molecular flexibility index (Phi) is 5.97. The van der Waals surface area contributed by atoms with Crippen molar-refractivity contribution in [2.75, 3.05) is 11.5 Å². The first-order chi connectivity index (χ1) is 13.0. The zero-order valence-corrected chi connectivity index (χ0v) is 15.6. The Balaban J connectivity index is 1.59. The molecule has 1 aliphatic carbocycles. The smallest absolute Gasteiger partial charge is 0.331 e. The largest absolute Gasteiger partial charge is 0.452 e. The Morgan fingerprint density at radius 3 is 2.70 bits per heavy atom. The van der Waals surface area contributed by atoms with E-state index in [1.165, 1.54) is 35.3 Å². The van der Waals surface area contributed by atoms with Crippen LogP contribution in [0, 0.1) is 0 Å². The Morgan fingerprint density at radius 2 is 2.04 bits per heavy atom. The van der Waals surface area contributed by atoms with Gasteiger partial charge in [-0.2, -0.15) is 0 Å². The van der Waals surface area contributed by atoms with E-state index in [-0.39, 0.29) is 24.5 Å². The maximum Gasteiger partial charge on any atom is 0.331 e. The lowest BCUT2D eigenvalue weighted by Gasteiger charge is -2.17. The van der Waals surface area contributed by atoms with Crippen LogP contribution < -0.4 is 10.2 Å². The number of benzene rings is 1. The Morgan fingerprint density at radius 1 is 1.30 bits per heavy atom. The zero-order chi connectivity index (χ0) is 19.2. The van der Waals surface area contributed by atoms with Crippen LogP contribution in [0.3, 0.4) is 0 Å². The van der Waals surface area contributed by atoms with Gasteiger partial charge in [0.05, 0.1) is 11.4 Å². The minimum Gasteiger partial charge on any atom is -0.452 e. The number of rotatable bonds is 7. The first-order valence-electron chi connectivity index (χ1n) is 8.48. The summed E-state index contributed by atoms with van der Waals surface area (Å²) in [6, 6.07) is 9.43. The quantitative estimate of drug-likeness (QED) is 0.585. The number of nitrogens with one attached hydrogen (secondary N) is 1. The van der Waals surface area contributed by atoms with Crippen LogP contribution in [0.4, 0.5) is 10.8 Å². The average Bonchev–Trinajstić information content (AvgIpc) is 3.34. The van der Waals surface area contributed by atoms with Crippen LogP contribution >= 0.6 is 11.3 Å². The summed E-state index contributed by atoms with van der Waals surface area (Å²) < 4.78 is 4.89. The van der Waals surface area contributed by atoms with Gasteiger partial charge in [-0.25, -0.2) is 9.78 Å². The van der Waals surface area contributed by atoms with Crippen LogP contribution in [0.1, 0.15) is 25.5 Å². The van der Waals surface area contributed by atoms with Gasteiger partial charge in [-0.1, -0.05) is 18.2 Å². The monoisotopic (exact) mass is 385 g/mol. The fourth-order valence-electron chi connectivity index (χ4n) is 2.29. The van der Waals surface area contributed by atoms with Crippen molar-refractivity contribution in [2.24, 2.45) is 0 Å². The van der Waals surface area contributed by atoms with E-state index in [1.54, 1.807) is 5.38 Å². The van der Waals surface area contributed by atoms with E-state index in [1.807, 2.05) is 30.3 Å². The number of carbonyl (C=O) groups is 3. The number of ether oxygens (including phenoxy) is 1. The van der Waals surface area contributed by atoms with Crippen molar-refractivity contribution < 1.29 is 19.1 Å². The van der Waals surface area contributed by atoms with Gasteiger partial charge < -0.3 is 10.1 Å². The van der Waals surface area contributed by atoms with E-state index in [2.05, 4.69) is 10.3 Å². The lowest BCUT2D eigenvalue weighted by Crippen LogP contribution is -2.30. The first kappa shape index (κ1) is 18.8. The molecule has 0 atom stereocenters. The van der Waals surface area contributed by atoms with Crippen molar-refractivity contribution in [1.29, 1.82) is 0 Å². The van der Waals surface area contributed by atoms with E-state index in [0.717, 1.165) is 18.5 Å². The number of aromatic nitrogens is 1. The lowest BCUT2D eigenvalue weighted by atomic mass is 10.3. The second-order valence-electron chi connectivity index (χ2n) is 6.03. The molecule has 2 aromatic rings. The van der Waals surface area contributed by atoms with Gasteiger partial charge in [0.25, 0.3) is 5.91 Å². The average molecular weight is 385 g/mol. The van der Waals surface area contributed by atoms with Crippen molar-refractivity contribution in [1.82, 2.24) is 10.3 Å². The number of anilines is 2. The molecule has 0 radical (unpaired) electrons. The van der Waals surface area contributed by atoms with E-state index >= 15 is 0 Å². The van der Waals surface area contributed by atoms with E-state index in [0.29, 0.717) is 10.8 Å². The van der Waals surface area contributed by atoms with Gasteiger partial charge in [0, 0.05) is 24.4 Å². The summed E-state index contributed by atoms with van der Waals surface area (Å²) >= 11 is 1.29. The summed E-state index contributed by atoms with van der Waals surface area (Å²) in [7, 11) is 0. The summed E-state index contributed by atoms with van der Waals surface area (Å²) in [5.41, 5.74) is 1.24. The molecule has 0 saturated heterocycles. The maximum atomic E-state index is 12.0. The highest BCUT2D eigenvalue weighted by Crippen LogP contribution is 2.29. The molecule has 1 aromatic heterocycles. The van der Waals surface area contributed by atoms with Crippen molar-refractivity contribution in [3.8, 4) is 0 Å². The highest BCUT2D eigenvalue weighted by atomic mass is 32.1. The molecule has 2 amide bonds. The predicted octanol–water partition coefficient (Wildman–Crippen LogP) is 2.66. The molecule has 1 aliphatic rings. The predicted molar refractivity (Wildman–Crippen MR) is 103 cm³/mol. The van der Waals surface area contributed by atoms with E-state index < -0.39 is 5.97 Å². The van der Waals surface area contributed by atoms with Gasteiger partial charge in [0.1, 0.15) is 0 Å². The first-order valence-corrected chi connectivity index (χ1v) is 9.36. The number of hydrogen-bond acceptors (Lipinski definition) is 6.